The van der Waals surface area contributed by atoms with Crippen molar-refractivity contribution in [2.45, 2.75) is 6.54 Å². The van der Waals surface area contributed by atoms with Gasteiger partial charge in [0.2, 0.25) is 0 Å². The number of amides is 3. The van der Waals surface area contributed by atoms with E-state index in [0.29, 0.717) is 22.0 Å². The summed E-state index contributed by atoms with van der Waals surface area (Å²) >= 11 is 6.16. The average Bonchev–Trinajstić information content (AvgIpc) is 3.05. The lowest BCUT2D eigenvalue weighted by atomic mass is 10.1. The van der Waals surface area contributed by atoms with E-state index >= 15 is 0 Å². The Kier molecular flexibility index (Phi) is 5.79. The fourth-order valence-corrected chi connectivity index (χ4v) is 3.70. The van der Waals surface area contributed by atoms with Crippen LogP contribution in [0.25, 0.3) is 0 Å². The first-order valence-electron chi connectivity index (χ1n) is 9.56. The molecule has 32 heavy (non-hydrogen) atoms. The summed E-state index contributed by atoms with van der Waals surface area (Å²) in [4.78, 5) is 43.8. The number of rotatable bonds is 6. The lowest BCUT2D eigenvalue weighted by Crippen LogP contribution is -2.29. The van der Waals surface area contributed by atoms with Crippen LogP contribution in [0.3, 0.4) is 0 Å². The molecule has 2 aromatic carbocycles. The molecule has 9 heteroatoms. The number of carbonyl (C=O) groups excluding carboxylic acids is 3. The quantitative estimate of drug-likeness (QED) is 0.572. The molecule has 0 aliphatic carbocycles. The van der Waals surface area contributed by atoms with Crippen LogP contribution in [-0.4, -0.2) is 41.8 Å². The number of nitrogens with one attached hydrogen (secondary N) is 1. The molecule has 0 unspecified atom stereocenters. The molecule has 1 aliphatic heterocycles. The standard InChI is InChI=1S/C23H18ClN3O5/c1-31-18-9-7-15-19(20(18)32-2)23(30)27(22(15)29)12-13-11-14(24)6-8-16(13)26-21(28)17-5-3-4-10-25-17/h3-11H,12H2,1-2H3,(H,26,28). The van der Waals surface area contributed by atoms with E-state index in [0.717, 1.165) is 4.90 Å². The monoisotopic (exact) mass is 451 g/mol. The third-order valence-electron chi connectivity index (χ3n) is 5.02. The van der Waals surface area contributed by atoms with E-state index in [4.69, 9.17) is 21.1 Å². The maximum atomic E-state index is 13.1. The minimum atomic E-state index is -0.525. The Morgan fingerprint density at radius 1 is 1.06 bits per heavy atom. The highest BCUT2D eigenvalue weighted by Gasteiger charge is 2.39. The highest BCUT2D eigenvalue weighted by molar-refractivity contribution is 6.30. The number of carbonyl (C=O) groups is 3. The number of anilines is 1. The van der Waals surface area contributed by atoms with Crippen molar-refractivity contribution in [3.63, 3.8) is 0 Å². The average molecular weight is 452 g/mol. The maximum Gasteiger partial charge on any atom is 0.274 e. The lowest BCUT2D eigenvalue weighted by molar-refractivity contribution is 0.0641. The number of pyridine rings is 1. The van der Waals surface area contributed by atoms with Crippen molar-refractivity contribution < 1.29 is 23.9 Å². The highest BCUT2D eigenvalue weighted by Crippen LogP contribution is 2.39. The minimum absolute atomic E-state index is 0.101. The zero-order valence-corrected chi connectivity index (χ0v) is 18.0. The molecule has 0 fully saturated rings. The molecule has 1 aromatic heterocycles. The smallest absolute Gasteiger partial charge is 0.274 e. The summed E-state index contributed by atoms with van der Waals surface area (Å²) in [6, 6.07) is 12.9. The number of imide groups is 1. The number of benzene rings is 2. The molecule has 0 spiro atoms. The van der Waals surface area contributed by atoms with Crippen LogP contribution in [0.2, 0.25) is 5.02 Å². The van der Waals surface area contributed by atoms with Crippen LogP contribution in [0, 0.1) is 0 Å². The summed E-state index contributed by atoms with van der Waals surface area (Å²) in [5.74, 6) is -0.889. The van der Waals surface area contributed by atoms with Gasteiger partial charge in [-0.1, -0.05) is 17.7 Å². The number of hydrogen-bond donors (Lipinski definition) is 1. The van der Waals surface area contributed by atoms with Crippen LogP contribution in [0.4, 0.5) is 5.69 Å². The second kappa shape index (κ2) is 8.68. The molecule has 0 saturated heterocycles. The van der Waals surface area contributed by atoms with E-state index in [1.165, 1.54) is 26.5 Å². The third kappa shape index (κ3) is 3.76. The normalized spacial score (nSPS) is 12.5. The van der Waals surface area contributed by atoms with E-state index in [9.17, 15) is 14.4 Å². The molecule has 1 N–H and O–H groups in total. The third-order valence-corrected chi connectivity index (χ3v) is 5.26. The Hall–Kier alpha value is -3.91. The molecular formula is C23H18ClN3O5. The van der Waals surface area contributed by atoms with Crippen LogP contribution in [-0.2, 0) is 6.54 Å². The Morgan fingerprint density at radius 3 is 2.56 bits per heavy atom. The topological polar surface area (TPSA) is 97.8 Å². The molecule has 3 aromatic rings. The SMILES string of the molecule is COc1ccc2c(c1OC)C(=O)N(Cc1cc(Cl)ccc1NC(=O)c1ccccn1)C2=O. The van der Waals surface area contributed by atoms with Crippen LogP contribution in [0.1, 0.15) is 36.8 Å². The number of aromatic nitrogens is 1. The zero-order valence-electron chi connectivity index (χ0n) is 17.2. The van der Waals surface area contributed by atoms with E-state index in [2.05, 4.69) is 10.3 Å². The van der Waals surface area contributed by atoms with Crippen molar-refractivity contribution in [2.75, 3.05) is 19.5 Å². The number of fused-ring (bicyclic) bond motifs is 1. The Balaban J connectivity index is 1.66. The van der Waals surface area contributed by atoms with Crippen molar-refractivity contribution in [3.8, 4) is 11.5 Å². The summed E-state index contributed by atoms with van der Waals surface area (Å²) in [5, 5.41) is 3.16. The number of methoxy groups -OCH3 is 2. The molecule has 0 saturated carbocycles. The fourth-order valence-electron chi connectivity index (χ4n) is 3.50. The van der Waals surface area contributed by atoms with E-state index < -0.39 is 17.7 Å². The van der Waals surface area contributed by atoms with Crippen LogP contribution in [0.15, 0.2) is 54.7 Å². The van der Waals surface area contributed by atoms with E-state index in [1.54, 1.807) is 42.5 Å². The molecule has 3 amide bonds. The first-order chi connectivity index (χ1) is 15.4. The van der Waals surface area contributed by atoms with Gasteiger partial charge in [-0.05, 0) is 48.0 Å². The van der Waals surface area contributed by atoms with Gasteiger partial charge in [-0.25, -0.2) is 0 Å². The van der Waals surface area contributed by atoms with Gasteiger partial charge in [0.25, 0.3) is 17.7 Å². The second-order valence-electron chi connectivity index (χ2n) is 6.89. The molecule has 162 valence electrons. The van der Waals surface area contributed by atoms with Gasteiger partial charge in [-0.15, -0.1) is 0 Å². The zero-order chi connectivity index (χ0) is 22.8. The summed E-state index contributed by atoms with van der Waals surface area (Å²) < 4.78 is 10.6. The van der Waals surface area contributed by atoms with Crippen molar-refractivity contribution in [1.82, 2.24) is 9.88 Å². The molecule has 0 bridgehead atoms. The molecule has 0 atom stereocenters. The number of halogens is 1. The first kappa shape index (κ1) is 21.3. The van der Waals surface area contributed by atoms with Gasteiger partial charge in [0.15, 0.2) is 11.5 Å². The van der Waals surface area contributed by atoms with Crippen molar-refractivity contribution >= 4 is 35.0 Å². The van der Waals surface area contributed by atoms with E-state index in [-0.39, 0.29) is 29.1 Å². The summed E-state index contributed by atoms with van der Waals surface area (Å²) in [5.41, 5.74) is 1.48. The largest absolute Gasteiger partial charge is 0.493 e. The molecular weight excluding hydrogens is 434 g/mol. The Morgan fingerprint density at radius 2 is 1.88 bits per heavy atom. The van der Waals surface area contributed by atoms with Crippen LogP contribution in [0.5, 0.6) is 11.5 Å². The van der Waals surface area contributed by atoms with E-state index in [1.807, 2.05) is 0 Å². The Labute approximate surface area is 188 Å². The van der Waals surface area contributed by atoms with Gasteiger partial charge in [-0.3, -0.25) is 24.3 Å². The Bertz CT molecular complexity index is 1230. The van der Waals surface area contributed by atoms with Gasteiger partial charge in [-0.2, -0.15) is 0 Å². The number of ether oxygens (including phenoxy) is 2. The van der Waals surface area contributed by atoms with Crippen molar-refractivity contribution in [3.05, 3.63) is 82.1 Å². The molecule has 4 rings (SSSR count). The van der Waals surface area contributed by atoms with Crippen LogP contribution < -0.4 is 14.8 Å². The second-order valence-corrected chi connectivity index (χ2v) is 7.33. The highest BCUT2D eigenvalue weighted by atomic mass is 35.5. The first-order valence-corrected chi connectivity index (χ1v) is 9.94. The summed E-state index contributed by atoms with van der Waals surface area (Å²) in [7, 11) is 2.85. The van der Waals surface area contributed by atoms with Crippen LogP contribution >= 0.6 is 11.6 Å². The van der Waals surface area contributed by atoms with Gasteiger partial charge < -0.3 is 14.8 Å². The van der Waals surface area contributed by atoms with Gasteiger partial charge >= 0.3 is 0 Å². The fraction of sp³-hybridized carbons (Fsp3) is 0.130. The van der Waals surface area contributed by atoms with Gasteiger partial charge in [0, 0.05) is 16.9 Å². The van der Waals surface area contributed by atoms with Gasteiger partial charge in [0.1, 0.15) is 5.69 Å². The molecule has 0 radical (unpaired) electrons. The number of hydrogen-bond acceptors (Lipinski definition) is 6. The summed E-state index contributed by atoms with van der Waals surface area (Å²) in [6.07, 6.45) is 1.51. The van der Waals surface area contributed by atoms with Crippen molar-refractivity contribution in [2.24, 2.45) is 0 Å². The maximum absolute atomic E-state index is 13.1. The molecule has 8 nitrogen and oxygen atoms in total. The molecule has 1 aliphatic rings. The van der Waals surface area contributed by atoms with Crippen molar-refractivity contribution in [1.29, 1.82) is 0 Å². The summed E-state index contributed by atoms with van der Waals surface area (Å²) in [6.45, 7) is -0.101. The predicted molar refractivity (Wildman–Crippen MR) is 117 cm³/mol. The minimum Gasteiger partial charge on any atom is -0.493 e. The number of nitrogens with zero attached hydrogens (tertiary/aromatic N) is 2. The van der Waals surface area contributed by atoms with Gasteiger partial charge in [0.05, 0.1) is 31.9 Å². The predicted octanol–water partition coefficient (Wildman–Crippen LogP) is 3.80. The molecule has 2 heterocycles. The lowest BCUT2D eigenvalue weighted by Gasteiger charge is -2.18.